The minimum absolute atomic E-state index is 0.184. The Morgan fingerprint density at radius 2 is 1.68 bits per heavy atom. The zero-order valence-electron chi connectivity index (χ0n) is 11.6. The first-order chi connectivity index (χ1) is 8.42. The molecule has 0 fully saturated rings. The fourth-order valence-electron chi connectivity index (χ4n) is 1.53. The fraction of sp³-hybridized carbons (Fsp3) is 0.667. The normalized spacial score (nSPS) is 12.7. The average molecular weight is 296 g/mol. The molecule has 0 saturated carbocycles. The van der Waals surface area contributed by atoms with Crippen LogP contribution in [0.4, 0.5) is 19.0 Å². The third kappa shape index (κ3) is 4.23. The molecule has 0 atom stereocenters. The molecule has 0 bridgehead atoms. The molecule has 0 spiro atoms. The van der Waals surface area contributed by atoms with Gasteiger partial charge in [-0.3, -0.25) is 0 Å². The van der Waals surface area contributed by atoms with Crippen molar-refractivity contribution in [3.8, 4) is 0 Å². The first-order valence-corrected chi connectivity index (χ1v) is 6.12. The van der Waals surface area contributed by atoms with E-state index in [-0.39, 0.29) is 16.4 Å². The van der Waals surface area contributed by atoms with Gasteiger partial charge in [-0.1, -0.05) is 32.4 Å². The van der Waals surface area contributed by atoms with E-state index in [4.69, 9.17) is 11.6 Å². The molecule has 0 unspecified atom stereocenters. The van der Waals surface area contributed by atoms with E-state index in [1.54, 1.807) is 6.92 Å². The van der Waals surface area contributed by atoms with Gasteiger partial charge >= 0.3 is 6.18 Å². The number of hydrogen-bond donors (Lipinski definition) is 0. The third-order valence-electron chi connectivity index (χ3n) is 2.51. The summed E-state index contributed by atoms with van der Waals surface area (Å²) in [5.41, 5.74) is 0.0620. The Balaban J connectivity index is 3.23. The number of nitrogens with zero attached hydrogens (tertiary/aromatic N) is 3. The second kappa shape index (κ2) is 5.15. The Labute approximate surface area is 115 Å². The maximum atomic E-state index is 12.4. The largest absolute Gasteiger partial charge is 0.405 e. The summed E-state index contributed by atoms with van der Waals surface area (Å²) in [7, 11) is 1.34. The van der Waals surface area contributed by atoms with E-state index >= 15 is 0 Å². The van der Waals surface area contributed by atoms with E-state index in [9.17, 15) is 13.2 Å². The molecule has 19 heavy (non-hydrogen) atoms. The van der Waals surface area contributed by atoms with Crippen LogP contribution in [0.5, 0.6) is 0 Å². The Kier molecular flexibility index (Phi) is 4.34. The maximum Gasteiger partial charge on any atom is 0.405 e. The van der Waals surface area contributed by atoms with Gasteiger partial charge < -0.3 is 4.90 Å². The number of aromatic nitrogens is 2. The molecule has 108 valence electrons. The van der Waals surface area contributed by atoms with Gasteiger partial charge in [0.2, 0.25) is 0 Å². The highest BCUT2D eigenvalue weighted by Gasteiger charge is 2.31. The Morgan fingerprint density at radius 1 is 1.16 bits per heavy atom. The smallest absolute Gasteiger partial charge is 0.350 e. The van der Waals surface area contributed by atoms with Gasteiger partial charge in [0, 0.05) is 18.0 Å². The van der Waals surface area contributed by atoms with Crippen LogP contribution in [0.2, 0.25) is 5.15 Å². The van der Waals surface area contributed by atoms with Crippen molar-refractivity contribution in [2.24, 2.45) is 0 Å². The average Bonchev–Trinajstić information content (AvgIpc) is 2.17. The molecule has 1 heterocycles. The summed E-state index contributed by atoms with van der Waals surface area (Å²) in [6.45, 7) is 6.16. The summed E-state index contributed by atoms with van der Waals surface area (Å²) in [5, 5.41) is 0.184. The van der Waals surface area contributed by atoms with E-state index in [0.717, 1.165) is 4.90 Å². The molecule has 0 aromatic carbocycles. The second-order valence-corrected chi connectivity index (χ2v) is 5.87. The summed E-state index contributed by atoms with van der Waals surface area (Å²) < 4.78 is 37.3. The molecule has 0 radical (unpaired) electrons. The van der Waals surface area contributed by atoms with Crippen molar-refractivity contribution in [1.82, 2.24) is 9.97 Å². The first-order valence-electron chi connectivity index (χ1n) is 5.74. The lowest BCUT2D eigenvalue weighted by molar-refractivity contribution is -0.119. The molecule has 0 aliphatic rings. The summed E-state index contributed by atoms with van der Waals surface area (Å²) in [4.78, 5) is 9.39. The van der Waals surface area contributed by atoms with Crippen molar-refractivity contribution in [2.45, 2.75) is 39.3 Å². The number of rotatable bonds is 2. The summed E-state index contributed by atoms with van der Waals surface area (Å²) >= 11 is 5.98. The lowest BCUT2D eigenvalue weighted by atomic mass is 9.95. The number of hydrogen-bond acceptors (Lipinski definition) is 3. The maximum absolute atomic E-state index is 12.4. The zero-order chi connectivity index (χ0) is 15.0. The van der Waals surface area contributed by atoms with Gasteiger partial charge in [0.25, 0.3) is 0 Å². The highest BCUT2D eigenvalue weighted by molar-refractivity contribution is 6.30. The predicted octanol–water partition coefficient (Wildman–Crippen LogP) is 3.73. The van der Waals surface area contributed by atoms with Gasteiger partial charge in [0.15, 0.2) is 0 Å². The molecule has 3 nitrogen and oxygen atoms in total. The molecule has 0 amide bonds. The quantitative estimate of drug-likeness (QED) is 0.778. The van der Waals surface area contributed by atoms with Gasteiger partial charge in [-0.15, -0.1) is 0 Å². The standard InChI is InChI=1S/C12H17ClF3N3/c1-7-8(13)17-10(11(2,3)4)18-9(7)19(5)6-12(14,15)16/h6H2,1-5H3. The van der Waals surface area contributed by atoms with E-state index < -0.39 is 12.7 Å². The topological polar surface area (TPSA) is 29.0 Å². The van der Waals surface area contributed by atoms with Gasteiger partial charge in [-0.25, -0.2) is 9.97 Å². The molecular formula is C12H17ClF3N3. The lowest BCUT2D eigenvalue weighted by Gasteiger charge is -2.25. The van der Waals surface area contributed by atoms with Crippen molar-refractivity contribution in [1.29, 1.82) is 0 Å². The van der Waals surface area contributed by atoms with Crippen LogP contribution in [0.15, 0.2) is 0 Å². The Bertz CT molecular complexity index is 467. The third-order valence-corrected chi connectivity index (χ3v) is 2.88. The molecule has 0 aliphatic carbocycles. The number of alkyl halides is 3. The molecule has 1 aromatic heterocycles. The fourth-order valence-corrected chi connectivity index (χ4v) is 1.69. The molecule has 1 aromatic rings. The van der Waals surface area contributed by atoms with Crippen molar-refractivity contribution < 1.29 is 13.2 Å². The number of anilines is 1. The predicted molar refractivity (Wildman–Crippen MR) is 69.8 cm³/mol. The van der Waals surface area contributed by atoms with Gasteiger partial charge in [0.05, 0.1) is 0 Å². The van der Waals surface area contributed by atoms with Crippen LogP contribution in [0, 0.1) is 6.92 Å². The van der Waals surface area contributed by atoms with Crippen LogP contribution < -0.4 is 4.90 Å². The van der Waals surface area contributed by atoms with Crippen LogP contribution >= 0.6 is 11.6 Å². The molecular weight excluding hydrogens is 279 g/mol. The van der Waals surface area contributed by atoms with Crippen LogP contribution in [-0.4, -0.2) is 29.7 Å². The van der Waals surface area contributed by atoms with Gasteiger partial charge in [-0.05, 0) is 6.92 Å². The van der Waals surface area contributed by atoms with Crippen molar-refractivity contribution in [2.75, 3.05) is 18.5 Å². The molecule has 0 saturated heterocycles. The summed E-state index contributed by atoms with van der Waals surface area (Å²) in [6.07, 6.45) is -4.29. The minimum atomic E-state index is -4.29. The Hall–Kier alpha value is -1.04. The lowest BCUT2D eigenvalue weighted by Crippen LogP contribution is -2.33. The van der Waals surface area contributed by atoms with E-state index in [1.807, 2.05) is 20.8 Å². The highest BCUT2D eigenvalue weighted by Crippen LogP contribution is 2.29. The number of halogens is 4. The molecule has 7 heteroatoms. The first kappa shape index (κ1) is 16.0. The second-order valence-electron chi connectivity index (χ2n) is 5.51. The van der Waals surface area contributed by atoms with E-state index in [2.05, 4.69) is 9.97 Å². The Morgan fingerprint density at radius 3 is 2.11 bits per heavy atom. The van der Waals surface area contributed by atoms with Crippen LogP contribution in [0.3, 0.4) is 0 Å². The van der Waals surface area contributed by atoms with Crippen molar-refractivity contribution >= 4 is 17.4 Å². The van der Waals surface area contributed by atoms with Crippen LogP contribution in [0.25, 0.3) is 0 Å². The van der Waals surface area contributed by atoms with E-state index in [0.29, 0.717) is 11.4 Å². The molecule has 0 N–H and O–H groups in total. The van der Waals surface area contributed by atoms with Crippen molar-refractivity contribution in [3.05, 3.63) is 16.5 Å². The summed E-state index contributed by atoms with van der Waals surface area (Å²) in [6, 6.07) is 0. The van der Waals surface area contributed by atoms with Crippen LogP contribution in [0.1, 0.15) is 32.2 Å². The van der Waals surface area contributed by atoms with Gasteiger partial charge in [0.1, 0.15) is 23.3 Å². The van der Waals surface area contributed by atoms with E-state index in [1.165, 1.54) is 7.05 Å². The van der Waals surface area contributed by atoms with Crippen molar-refractivity contribution in [3.63, 3.8) is 0 Å². The zero-order valence-corrected chi connectivity index (χ0v) is 12.3. The molecule has 0 aliphatic heterocycles. The SMILES string of the molecule is Cc1c(Cl)nc(C(C)(C)C)nc1N(C)CC(F)(F)F. The minimum Gasteiger partial charge on any atom is -0.350 e. The summed E-state index contributed by atoms with van der Waals surface area (Å²) in [5.74, 6) is 0.634. The van der Waals surface area contributed by atoms with Crippen LogP contribution in [-0.2, 0) is 5.41 Å². The van der Waals surface area contributed by atoms with Gasteiger partial charge in [-0.2, -0.15) is 13.2 Å². The highest BCUT2D eigenvalue weighted by atomic mass is 35.5. The molecule has 1 rings (SSSR count). The monoisotopic (exact) mass is 295 g/mol.